The summed E-state index contributed by atoms with van der Waals surface area (Å²) in [4.78, 5) is 55.1. The summed E-state index contributed by atoms with van der Waals surface area (Å²) in [5, 5.41) is 9.96. The Kier molecular flexibility index (Phi) is 11.4. The summed E-state index contributed by atoms with van der Waals surface area (Å²) >= 11 is 1.51. The van der Waals surface area contributed by atoms with E-state index in [2.05, 4.69) is 29.2 Å². The van der Waals surface area contributed by atoms with E-state index < -0.39 is 56.2 Å². The summed E-state index contributed by atoms with van der Waals surface area (Å²) in [6.07, 6.45) is 8.45. The first-order valence-corrected chi connectivity index (χ1v) is 23.4. The van der Waals surface area contributed by atoms with Crippen LogP contribution in [-0.2, 0) is 24.4 Å². The highest BCUT2D eigenvalue weighted by molar-refractivity contribution is 7.91. The van der Waals surface area contributed by atoms with Crippen LogP contribution in [0.5, 0.6) is 11.5 Å². The molecule has 8 rings (SSSR count). The predicted molar refractivity (Wildman–Crippen MR) is 233 cm³/mol. The van der Waals surface area contributed by atoms with Gasteiger partial charge < -0.3 is 25.0 Å². The number of aromatic nitrogens is 2. The number of carbonyl (C=O) groups is 3. The summed E-state index contributed by atoms with van der Waals surface area (Å²) in [6, 6.07) is 13.5. The molecule has 4 heterocycles. The quantitative estimate of drug-likeness (QED) is 0.141. The van der Waals surface area contributed by atoms with Crippen molar-refractivity contribution in [1.29, 1.82) is 0 Å². The lowest BCUT2D eigenvalue weighted by atomic mass is 10.0. The number of pyridine rings is 1. The van der Waals surface area contributed by atoms with Crippen LogP contribution in [0.1, 0.15) is 95.7 Å². The number of amides is 3. The van der Waals surface area contributed by atoms with Crippen LogP contribution in [0.4, 0.5) is 5.69 Å². The number of nitrogens with zero attached hydrogens (tertiary/aromatic N) is 3. The van der Waals surface area contributed by atoms with Gasteiger partial charge in [-0.15, -0.1) is 11.3 Å². The Labute approximate surface area is 355 Å². The summed E-state index contributed by atoms with van der Waals surface area (Å²) in [7, 11) is -2.36. The summed E-state index contributed by atoms with van der Waals surface area (Å²) in [5.41, 5.74) is 2.43. The number of anilines is 1. The van der Waals surface area contributed by atoms with Crippen molar-refractivity contribution in [1.82, 2.24) is 24.9 Å². The molecular formula is C45H54N6O7S2. The molecule has 4 aliphatic rings. The van der Waals surface area contributed by atoms with Gasteiger partial charge in [0.15, 0.2) is 0 Å². The molecule has 1 saturated heterocycles. The highest BCUT2D eigenvalue weighted by Crippen LogP contribution is 2.48. The van der Waals surface area contributed by atoms with Crippen molar-refractivity contribution in [2.45, 2.75) is 120 Å². The van der Waals surface area contributed by atoms with Gasteiger partial charge in [-0.25, -0.2) is 18.4 Å². The van der Waals surface area contributed by atoms with Gasteiger partial charge in [-0.3, -0.25) is 19.1 Å². The SMILES string of the molecule is COc1ccc2c(O[C@@H]3C[C@H]4C(=O)N[C@]5(C(=O)NS(=O)(=O)C6(C)CC6)C[C@@H]5/C=C\CCCCC[C@H](Nc5ccccc5)C(=O)N4C3)cc(-c3nc(C(C)C)cs3)nc2c1C. The zero-order valence-electron chi connectivity index (χ0n) is 34.8. The number of hydrogen-bond donors (Lipinski definition) is 3. The van der Waals surface area contributed by atoms with Crippen molar-refractivity contribution in [2.24, 2.45) is 5.92 Å². The molecule has 0 bridgehead atoms. The first kappa shape index (κ1) is 41.7. The molecule has 3 fully saturated rings. The molecule has 2 aliphatic carbocycles. The first-order chi connectivity index (χ1) is 28.7. The van der Waals surface area contributed by atoms with Crippen molar-refractivity contribution < 1.29 is 32.3 Å². The molecule has 2 aromatic heterocycles. The number of allylic oxidation sites excluding steroid dienone is 1. The second-order valence-corrected chi connectivity index (χ2v) is 20.3. The maximum absolute atomic E-state index is 14.9. The monoisotopic (exact) mass is 854 g/mol. The first-order valence-electron chi connectivity index (χ1n) is 21.0. The smallest absolute Gasteiger partial charge is 0.259 e. The maximum Gasteiger partial charge on any atom is 0.259 e. The minimum Gasteiger partial charge on any atom is -0.496 e. The van der Waals surface area contributed by atoms with E-state index in [0.29, 0.717) is 42.0 Å². The van der Waals surface area contributed by atoms with Gasteiger partial charge in [0.2, 0.25) is 21.8 Å². The summed E-state index contributed by atoms with van der Waals surface area (Å²) in [5.74, 6) is -0.492. The highest BCUT2D eigenvalue weighted by Gasteiger charge is 2.63. The minimum absolute atomic E-state index is 0.0994. The molecule has 318 valence electrons. The second-order valence-electron chi connectivity index (χ2n) is 17.3. The number of fused-ring (bicyclic) bond motifs is 3. The molecule has 0 unspecified atom stereocenters. The van der Waals surface area contributed by atoms with Crippen molar-refractivity contribution >= 4 is 55.7 Å². The number of thiazole rings is 1. The van der Waals surface area contributed by atoms with Gasteiger partial charge in [-0.2, -0.15) is 0 Å². The molecule has 5 atom stereocenters. The lowest BCUT2D eigenvalue weighted by Crippen LogP contribution is -2.58. The van der Waals surface area contributed by atoms with E-state index in [0.717, 1.165) is 53.0 Å². The third-order valence-corrected chi connectivity index (χ3v) is 15.6. The third kappa shape index (κ3) is 8.22. The van der Waals surface area contributed by atoms with E-state index in [1.807, 2.05) is 73.0 Å². The fourth-order valence-electron chi connectivity index (χ4n) is 8.34. The molecule has 3 N–H and O–H groups in total. The Morgan fingerprint density at radius 2 is 1.83 bits per heavy atom. The van der Waals surface area contributed by atoms with Crippen molar-refractivity contribution in [3.05, 3.63) is 77.3 Å². The zero-order chi connectivity index (χ0) is 42.4. The number of nitrogens with one attached hydrogen (secondary N) is 3. The molecule has 60 heavy (non-hydrogen) atoms. The number of benzene rings is 2. The van der Waals surface area contributed by atoms with E-state index in [-0.39, 0.29) is 31.2 Å². The highest BCUT2D eigenvalue weighted by atomic mass is 32.2. The standard InChI is InChI=1S/C45H54N6O7S2/c1-27(2)35-26-59-41(48-35)34-23-38(32-18-19-37(57-5)28(3)39(32)47-34)58-31-22-36-40(52)49-45(43(54)50-60(55,56)44(4)20-21-44)24-29(45)14-10-7-6-8-13-17-33(42(53)51(36)25-31)46-30-15-11-9-12-16-30/h9-12,14-16,18-19,23,26-27,29,31,33,36,46H,6-8,13,17,20-22,24-25H2,1-5H3,(H,49,52)(H,50,54)/b14-10-/t29-,31+,33-,36-,45+/m0/s1. The minimum atomic E-state index is -3.97. The molecular weight excluding hydrogens is 801 g/mol. The summed E-state index contributed by atoms with van der Waals surface area (Å²) < 4.78 is 40.4. The van der Waals surface area contributed by atoms with Crippen molar-refractivity contribution in [3.8, 4) is 22.2 Å². The maximum atomic E-state index is 14.9. The van der Waals surface area contributed by atoms with Crippen LogP contribution in [0.25, 0.3) is 21.6 Å². The molecule has 3 amide bonds. The number of methoxy groups -OCH3 is 1. The van der Waals surface area contributed by atoms with Crippen LogP contribution in [0.15, 0.2) is 66.1 Å². The fourth-order valence-corrected chi connectivity index (χ4v) is 10.6. The van der Waals surface area contributed by atoms with Gasteiger partial charge in [0.1, 0.15) is 45.9 Å². The Balaban J connectivity index is 1.15. The zero-order valence-corrected chi connectivity index (χ0v) is 36.5. The van der Waals surface area contributed by atoms with Gasteiger partial charge in [0.25, 0.3) is 5.91 Å². The molecule has 15 heteroatoms. The van der Waals surface area contributed by atoms with Gasteiger partial charge in [0.05, 0.1) is 29.6 Å². The number of carbonyl (C=O) groups excluding carboxylic acids is 3. The Morgan fingerprint density at radius 1 is 1.05 bits per heavy atom. The van der Waals surface area contributed by atoms with Gasteiger partial charge >= 0.3 is 0 Å². The van der Waals surface area contributed by atoms with E-state index in [1.165, 1.54) is 11.3 Å². The third-order valence-electron chi connectivity index (χ3n) is 12.6. The van der Waals surface area contributed by atoms with Crippen LogP contribution in [0.3, 0.4) is 0 Å². The number of para-hydroxylation sites is 1. The fraction of sp³-hybridized carbons (Fsp3) is 0.489. The molecule has 13 nitrogen and oxygen atoms in total. The number of ether oxygens (including phenoxy) is 2. The lowest BCUT2D eigenvalue weighted by molar-refractivity contribution is -0.140. The van der Waals surface area contributed by atoms with E-state index >= 15 is 0 Å². The second kappa shape index (κ2) is 16.4. The molecule has 0 radical (unpaired) electrons. The average molecular weight is 855 g/mol. The number of sulfonamides is 1. The number of hydrogen-bond acceptors (Lipinski definition) is 11. The van der Waals surface area contributed by atoms with Gasteiger partial charge in [-0.05, 0) is 82.6 Å². The van der Waals surface area contributed by atoms with Gasteiger partial charge in [-0.1, -0.05) is 57.0 Å². The average Bonchev–Trinajstić information content (AvgIpc) is 4.00. The van der Waals surface area contributed by atoms with Crippen LogP contribution in [-0.4, -0.2) is 83.1 Å². The molecule has 2 aromatic carbocycles. The lowest BCUT2D eigenvalue weighted by Gasteiger charge is -2.30. The Morgan fingerprint density at radius 3 is 2.55 bits per heavy atom. The van der Waals surface area contributed by atoms with Crippen molar-refractivity contribution in [3.63, 3.8) is 0 Å². The summed E-state index contributed by atoms with van der Waals surface area (Å²) in [6.45, 7) is 7.85. The normalized spacial score (nSPS) is 25.9. The van der Waals surface area contributed by atoms with E-state index in [9.17, 15) is 22.8 Å². The van der Waals surface area contributed by atoms with Crippen LogP contribution < -0.4 is 24.8 Å². The number of aryl methyl sites for hydroxylation is 1. The molecule has 2 aliphatic heterocycles. The molecule has 4 aromatic rings. The largest absolute Gasteiger partial charge is 0.496 e. The Bertz CT molecular complexity index is 2430. The van der Waals surface area contributed by atoms with E-state index in [4.69, 9.17) is 19.4 Å². The topological polar surface area (TPSA) is 169 Å². The van der Waals surface area contributed by atoms with Crippen LogP contribution in [0.2, 0.25) is 0 Å². The Hall–Kier alpha value is -5.02. The van der Waals surface area contributed by atoms with Crippen LogP contribution >= 0.6 is 11.3 Å². The number of rotatable bonds is 10. The predicted octanol–water partition coefficient (Wildman–Crippen LogP) is 7.02. The van der Waals surface area contributed by atoms with E-state index in [1.54, 1.807) is 18.9 Å². The molecule has 0 spiro atoms. The van der Waals surface area contributed by atoms with Crippen LogP contribution in [0, 0.1) is 12.8 Å². The van der Waals surface area contributed by atoms with Gasteiger partial charge in [0, 0.05) is 40.4 Å². The van der Waals surface area contributed by atoms with Crippen molar-refractivity contribution in [2.75, 3.05) is 19.0 Å². The molecule has 2 saturated carbocycles.